The molecule has 0 aliphatic rings. The maximum absolute atomic E-state index is 3.90. The van der Waals surface area contributed by atoms with Gasteiger partial charge < -0.3 is 0 Å². The zero-order chi connectivity index (χ0) is 10.3. The second-order valence-electron chi connectivity index (χ2n) is 3.04. The summed E-state index contributed by atoms with van der Waals surface area (Å²) in [5.74, 6) is 0. The third-order valence-electron chi connectivity index (χ3n) is 1.54. The van der Waals surface area contributed by atoms with Crippen LogP contribution in [0.5, 0.6) is 0 Å². The molecule has 0 nitrogen and oxygen atoms in total. The van der Waals surface area contributed by atoms with Crippen molar-refractivity contribution in [1.82, 2.24) is 0 Å². The van der Waals surface area contributed by atoms with Crippen LogP contribution in [0.3, 0.4) is 0 Å². The second kappa shape index (κ2) is 6.24. The average molecular weight is 174 g/mol. The van der Waals surface area contributed by atoms with Gasteiger partial charge >= 0.3 is 0 Å². The number of hydrogen-bond acceptors (Lipinski definition) is 0. The molecule has 13 heavy (non-hydrogen) atoms. The molecule has 0 rings (SSSR count). The van der Waals surface area contributed by atoms with E-state index in [9.17, 15) is 0 Å². The summed E-state index contributed by atoms with van der Waals surface area (Å²) in [5, 5.41) is 0. The molecule has 0 aromatic heterocycles. The van der Waals surface area contributed by atoms with E-state index in [1.54, 1.807) is 0 Å². The molecule has 0 amide bonds. The molecule has 0 aromatic carbocycles. The molecule has 70 valence electrons. The van der Waals surface area contributed by atoms with Gasteiger partial charge in [0.2, 0.25) is 0 Å². The van der Waals surface area contributed by atoms with Gasteiger partial charge in [-0.2, -0.15) is 0 Å². The van der Waals surface area contributed by atoms with Crippen molar-refractivity contribution in [1.29, 1.82) is 0 Å². The monoisotopic (exact) mass is 174 g/mol. The van der Waals surface area contributed by atoms with Crippen LogP contribution in [0.25, 0.3) is 0 Å². The average Bonchev–Trinajstić information content (AvgIpc) is 2.10. The van der Waals surface area contributed by atoms with Gasteiger partial charge in [0.25, 0.3) is 0 Å². The molecule has 0 fully saturated rings. The van der Waals surface area contributed by atoms with Crippen molar-refractivity contribution in [2.45, 2.75) is 20.3 Å². The standard InChI is InChI=1S/C13H18/c1-6-7-8-12(4)13(5)10-9-11(2)3/h7-10H,2,4-6H2,1,3H3/b8-7-,10-9-. The van der Waals surface area contributed by atoms with Gasteiger partial charge in [-0.05, 0) is 24.5 Å². The van der Waals surface area contributed by atoms with Crippen LogP contribution in [-0.4, -0.2) is 0 Å². The second-order valence-corrected chi connectivity index (χ2v) is 3.04. The van der Waals surface area contributed by atoms with E-state index in [-0.39, 0.29) is 0 Å². The lowest BCUT2D eigenvalue weighted by Gasteiger charge is -1.97. The van der Waals surface area contributed by atoms with Crippen LogP contribution < -0.4 is 0 Å². The van der Waals surface area contributed by atoms with Crippen molar-refractivity contribution in [3.05, 3.63) is 60.8 Å². The molecule has 0 saturated heterocycles. The SMILES string of the molecule is C=C(C)/C=C\C(=C)C(=C)/C=C\CC. The Balaban J connectivity index is 4.20. The quantitative estimate of drug-likeness (QED) is 0.548. The van der Waals surface area contributed by atoms with Crippen LogP contribution in [-0.2, 0) is 0 Å². The number of rotatable bonds is 5. The van der Waals surface area contributed by atoms with Crippen LogP contribution >= 0.6 is 0 Å². The molecule has 0 bridgehead atoms. The Morgan fingerprint density at radius 1 is 1.00 bits per heavy atom. The number of hydrogen-bond donors (Lipinski definition) is 0. The molecular weight excluding hydrogens is 156 g/mol. The molecule has 0 atom stereocenters. The Kier molecular flexibility index (Phi) is 5.62. The lowest BCUT2D eigenvalue weighted by Crippen LogP contribution is -1.77. The van der Waals surface area contributed by atoms with Gasteiger partial charge in [-0.15, -0.1) is 0 Å². The Bertz CT molecular complexity index is 262. The number of allylic oxidation sites excluding steroid dienone is 7. The Morgan fingerprint density at radius 2 is 1.54 bits per heavy atom. The minimum Gasteiger partial charge on any atom is -0.0961 e. The summed E-state index contributed by atoms with van der Waals surface area (Å²) in [4.78, 5) is 0. The molecule has 0 aromatic rings. The third kappa shape index (κ3) is 5.92. The third-order valence-corrected chi connectivity index (χ3v) is 1.54. The van der Waals surface area contributed by atoms with E-state index < -0.39 is 0 Å². The Labute approximate surface area is 81.7 Å². The van der Waals surface area contributed by atoms with Gasteiger partial charge in [0.05, 0.1) is 0 Å². The smallest absolute Gasteiger partial charge is 0.0262 e. The largest absolute Gasteiger partial charge is 0.0961 e. The maximum atomic E-state index is 3.90. The van der Waals surface area contributed by atoms with Crippen LogP contribution in [0.2, 0.25) is 0 Å². The highest BCUT2D eigenvalue weighted by Gasteiger charge is 1.89. The van der Waals surface area contributed by atoms with E-state index >= 15 is 0 Å². The first-order chi connectivity index (χ1) is 6.07. The summed E-state index contributed by atoms with van der Waals surface area (Å²) in [6.07, 6.45) is 8.96. The molecule has 0 unspecified atom stereocenters. The van der Waals surface area contributed by atoms with Crippen molar-refractivity contribution in [2.24, 2.45) is 0 Å². The summed E-state index contributed by atoms with van der Waals surface area (Å²) in [6.45, 7) is 15.6. The first-order valence-electron chi connectivity index (χ1n) is 4.46. The molecule has 0 heterocycles. The molecule has 0 saturated carbocycles. The first kappa shape index (κ1) is 11.7. The van der Waals surface area contributed by atoms with Crippen LogP contribution in [0.15, 0.2) is 60.8 Å². The van der Waals surface area contributed by atoms with Gasteiger partial charge in [0, 0.05) is 0 Å². The highest BCUT2D eigenvalue weighted by atomic mass is 13.9. The minimum absolute atomic E-state index is 0.938. The van der Waals surface area contributed by atoms with Gasteiger partial charge in [0.1, 0.15) is 0 Å². The lowest BCUT2D eigenvalue weighted by molar-refractivity contribution is 1.22. The topological polar surface area (TPSA) is 0 Å². The normalized spacial score (nSPS) is 10.9. The fourth-order valence-electron chi connectivity index (χ4n) is 0.717. The van der Waals surface area contributed by atoms with E-state index in [0.29, 0.717) is 0 Å². The van der Waals surface area contributed by atoms with Crippen LogP contribution in [0, 0.1) is 0 Å². The predicted octanol–water partition coefficient (Wildman–Crippen LogP) is 4.20. The van der Waals surface area contributed by atoms with E-state index in [4.69, 9.17) is 0 Å². The van der Waals surface area contributed by atoms with Crippen molar-refractivity contribution in [3.8, 4) is 0 Å². The maximum Gasteiger partial charge on any atom is -0.0262 e. The fraction of sp³-hybridized carbons (Fsp3) is 0.231. The zero-order valence-corrected chi connectivity index (χ0v) is 8.64. The van der Waals surface area contributed by atoms with Gasteiger partial charge in [0.15, 0.2) is 0 Å². The summed E-state index contributed by atoms with van der Waals surface area (Å²) in [7, 11) is 0. The Morgan fingerprint density at radius 3 is 2.00 bits per heavy atom. The lowest BCUT2D eigenvalue weighted by atomic mass is 10.1. The summed E-state index contributed by atoms with van der Waals surface area (Å²) >= 11 is 0. The fourth-order valence-corrected chi connectivity index (χ4v) is 0.717. The molecule has 0 radical (unpaired) electrons. The van der Waals surface area contributed by atoms with Gasteiger partial charge in [-0.3, -0.25) is 0 Å². The molecule has 0 N–H and O–H groups in total. The molecule has 0 spiro atoms. The summed E-state index contributed by atoms with van der Waals surface area (Å²) < 4.78 is 0. The molecule has 0 aliphatic carbocycles. The van der Waals surface area contributed by atoms with Crippen LogP contribution in [0.4, 0.5) is 0 Å². The van der Waals surface area contributed by atoms with E-state index in [0.717, 1.165) is 23.1 Å². The predicted molar refractivity (Wildman–Crippen MR) is 61.7 cm³/mol. The van der Waals surface area contributed by atoms with E-state index in [1.165, 1.54) is 0 Å². The minimum atomic E-state index is 0.938. The van der Waals surface area contributed by atoms with Crippen LogP contribution in [0.1, 0.15) is 20.3 Å². The highest BCUT2D eigenvalue weighted by Crippen LogP contribution is 2.09. The Hall–Kier alpha value is -1.30. The van der Waals surface area contributed by atoms with E-state index in [1.807, 2.05) is 25.2 Å². The summed E-state index contributed by atoms with van der Waals surface area (Å²) in [6, 6.07) is 0. The first-order valence-corrected chi connectivity index (χ1v) is 4.46. The van der Waals surface area contributed by atoms with E-state index in [2.05, 4.69) is 32.7 Å². The van der Waals surface area contributed by atoms with Crippen molar-refractivity contribution >= 4 is 0 Å². The zero-order valence-electron chi connectivity index (χ0n) is 8.64. The van der Waals surface area contributed by atoms with Crippen molar-refractivity contribution < 1.29 is 0 Å². The van der Waals surface area contributed by atoms with Crippen molar-refractivity contribution in [3.63, 3.8) is 0 Å². The summed E-state index contributed by atoms with van der Waals surface area (Å²) in [5.41, 5.74) is 2.92. The molecule has 0 heteroatoms. The molecule has 0 aliphatic heterocycles. The van der Waals surface area contributed by atoms with Crippen molar-refractivity contribution in [2.75, 3.05) is 0 Å². The molecular formula is C13H18. The van der Waals surface area contributed by atoms with Gasteiger partial charge in [-0.1, -0.05) is 56.5 Å². The van der Waals surface area contributed by atoms with Gasteiger partial charge in [-0.25, -0.2) is 0 Å². The highest BCUT2D eigenvalue weighted by molar-refractivity contribution is 5.43.